The molecule has 0 spiro atoms. The van der Waals surface area contributed by atoms with Crippen LogP contribution in [0, 0.1) is 6.92 Å². The summed E-state index contributed by atoms with van der Waals surface area (Å²) in [6, 6.07) is 4.61. The third-order valence-electron chi connectivity index (χ3n) is 3.25. The van der Waals surface area contributed by atoms with Gasteiger partial charge in [0, 0.05) is 12.1 Å². The van der Waals surface area contributed by atoms with Crippen molar-refractivity contribution in [2.45, 2.75) is 43.2 Å². The second-order valence-electron chi connectivity index (χ2n) is 4.76. The molecule has 100 valence electrons. The molecule has 3 N–H and O–H groups in total. The molecule has 2 rings (SSSR count). The van der Waals surface area contributed by atoms with E-state index in [-0.39, 0.29) is 22.0 Å². The number of benzene rings is 1. The van der Waals surface area contributed by atoms with Crippen LogP contribution in [-0.2, 0) is 10.0 Å². The van der Waals surface area contributed by atoms with Crippen LogP contribution in [0.1, 0.15) is 24.8 Å². The van der Waals surface area contributed by atoms with Crippen LogP contribution < -0.4 is 10.5 Å². The lowest BCUT2D eigenvalue weighted by molar-refractivity contribution is 0.522. The fourth-order valence-electron chi connectivity index (χ4n) is 2.22. The molecule has 2 unspecified atom stereocenters. The minimum atomic E-state index is -3.59. The summed E-state index contributed by atoms with van der Waals surface area (Å²) in [6.07, 6.45) is 2.59. The number of rotatable bonds is 3. The smallest absolute Gasteiger partial charge is 0.242 e. The molecular weight excluding hydrogens is 272 g/mol. The largest absolute Gasteiger partial charge is 0.326 e. The zero-order valence-corrected chi connectivity index (χ0v) is 11.8. The molecule has 1 aromatic carbocycles. The van der Waals surface area contributed by atoms with Crippen LogP contribution in [0.2, 0.25) is 5.02 Å². The fourth-order valence-corrected chi connectivity index (χ4v) is 4.14. The highest BCUT2D eigenvalue weighted by Gasteiger charge is 2.29. The molecule has 2 atom stereocenters. The van der Waals surface area contributed by atoms with E-state index in [0.29, 0.717) is 0 Å². The second kappa shape index (κ2) is 5.17. The molecule has 0 heterocycles. The minimum Gasteiger partial charge on any atom is -0.326 e. The van der Waals surface area contributed by atoms with Crippen molar-refractivity contribution < 1.29 is 8.42 Å². The number of nitrogens with one attached hydrogen (secondary N) is 1. The van der Waals surface area contributed by atoms with Crippen LogP contribution in [0.25, 0.3) is 0 Å². The van der Waals surface area contributed by atoms with Crippen molar-refractivity contribution in [1.29, 1.82) is 0 Å². The molecule has 1 aromatic rings. The van der Waals surface area contributed by atoms with E-state index in [1.165, 1.54) is 6.07 Å². The van der Waals surface area contributed by atoms with Crippen molar-refractivity contribution >= 4 is 21.6 Å². The number of halogens is 1. The summed E-state index contributed by atoms with van der Waals surface area (Å²) in [4.78, 5) is 0.119. The molecule has 0 bridgehead atoms. The highest BCUT2D eigenvalue weighted by atomic mass is 35.5. The summed E-state index contributed by atoms with van der Waals surface area (Å²) in [7, 11) is -3.59. The Morgan fingerprint density at radius 2 is 2.11 bits per heavy atom. The summed E-state index contributed by atoms with van der Waals surface area (Å²) in [6.45, 7) is 1.86. The first kappa shape index (κ1) is 13.8. The maximum atomic E-state index is 12.2. The average molecular weight is 289 g/mol. The Morgan fingerprint density at radius 3 is 2.67 bits per heavy atom. The van der Waals surface area contributed by atoms with E-state index in [4.69, 9.17) is 17.3 Å². The van der Waals surface area contributed by atoms with E-state index in [1.807, 2.05) is 6.92 Å². The lowest BCUT2D eigenvalue weighted by Gasteiger charge is -2.18. The lowest BCUT2D eigenvalue weighted by atomic mass is 10.2. The van der Waals surface area contributed by atoms with Crippen molar-refractivity contribution in [2.24, 2.45) is 5.73 Å². The van der Waals surface area contributed by atoms with Gasteiger partial charge < -0.3 is 5.73 Å². The third-order valence-corrected chi connectivity index (χ3v) is 5.23. The molecular formula is C12H17ClN2O2S. The molecule has 1 aliphatic rings. The van der Waals surface area contributed by atoms with Crippen LogP contribution >= 0.6 is 11.6 Å². The molecule has 18 heavy (non-hydrogen) atoms. The van der Waals surface area contributed by atoms with Crippen LogP contribution in [0.5, 0.6) is 0 Å². The van der Waals surface area contributed by atoms with Crippen LogP contribution in [-0.4, -0.2) is 20.5 Å². The van der Waals surface area contributed by atoms with Gasteiger partial charge in [0.15, 0.2) is 0 Å². The number of nitrogens with two attached hydrogens (primary N) is 1. The number of hydrogen-bond donors (Lipinski definition) is 2. The first-order valence-electron chi connectivity index (χ1n) is 5.94. The number of aryl methyl sites for hydroxylation is 1. The first-order valence-corrected chi connectivity index (χ1v) is 7.80. The van der Waals surface area contributed by atoms with Gasteiger partial charge in [-0.3, -0.25) is 0 Å². The molecule has 0 aromatic heterocycles. The monoisotopic (exact) mass is 288 g/mol. The van der Waals surface area contributed by atoms with Gasteiger partial charge in [0.25, 0.3) is 0 Å². The van der Waals surface area contributed by atoms with Gasteiger partial charge >= 0.3 is 0 Å². The van der Waals surface area contributed by atoms with Crippen LogP contribution in [0.3, 0.4) is 0 Å². The molecule has 0 amide bonds. The third kappa shape index (κ3) is 2.85. The van der Waals surface area contributed by atoms with Gasteiger partial charge in [0.05, 0.1) is 5.02 Å². The Kier molecular flexibility index (Phi) is 3.96. The maximum Gasteiger partial charge on any atom is 0.242 e. The molecule has 1 saturated carbocycles. The van der Waals surface area contributed by atoms with Gasteiger partial charge in [0.1, 0.15) is 4.90 Å². The van der Waals surface area contributed by atoms with E-state index in [1.54, 1.807) is 12.1 Å². The zero-order valence-electron chi connectivity index (χ0n) is 10.2. The molecule has 1 fully saturated rings. The summed E-state index contributed by atoms with van der Waals surface area (Å²) in [5, 5.41) is 0.245. The molecule has 0 saturated heterocycles. The quantitative estimate of drug-likeness (QED) is 0.891. The number of sulfonamides is 1. The predicted molar refractivity (Wildman–Crippen MR) is 72.1 cm³/mol. The summed E-state index contributed by atoms with van der Waals surface area (Å²) >= 11 is 5.99. The standard InChI is InChI=1S/C12H17ClN2O2S/c1-8-5-6-12(9(13)7-8)18(16,17)15-11-4-2-3-10(11)14/h5-7,10-11,15H,2-4,14H2,1H3. The lowest BCUT2D eigenvalue weighted by Crippen LogP contribution is -2.43. The molecule has 6 heteroatoms. The van der Waals surface area contributed by atoms with Gasteiger partial charge in [-0.05, 0) is 37.5 Å². The predicted octanol–water partition coefficient (Wildman–Crippen LogP) is 1.81. The Labute approximate surface area is 113 Å². The van der Waals surface area contributed by atoms with Gasteiger partial charge in [-0.25, -0.2) is 13.1 Å². The van der Waals surface area contributed by atoms with E-state index in [9.17, 15) is 8.42 Å². The highest BCUT2D eigenvalue weighted by Crippen LogP contribution is 2.25. The van der Waals surface area contributed by atoms with Crippen molar-refractivity contribution in [3.8, 4) is 0 Å². The first-order chi connectivity index (χ1) is 8.40. The molecule has 0 radical (unpaired) electrons. The summed E-state index contributed by atoms with van der Waals surface area (Å²) < 4.78 is 27.1. The second-order valence-corrected chi connectivity index (χ2v) is 6.85. The average Bonchev–Trinajstić information content (AvgIpc) is 2.63. The van der Waals surface area contributed by atoms with Gasteiger partial charge in [-0.1, -0.05) is 24.1 Å². The van der Waals surface area contributed by atoms with Crippen molar-refractivity contribution in [3.63, 3.8) is 0 Å². The fraction of sp³-hybridized carbons (Fsp3) is 0.500. The van der Waals surface area contributed by atoms with E-state index < -0.39 is 10.0 Å². The van der Waals surface area contributed by atoms with Crippen LogP contribution in [0.15, 0.2) is 23.1 Å². The Balaban J connectivity index is 2.25. The van der Waals surface area contributed by atoms with Gasteiger partial charge in [0.2, 0.25) is 10.0 Å². The minimum absolute atomic E-state index is 0.107. The van der Waals surface area contributed by atoms with E-state index >= 15 is 0 Å². The molecule has 0 aliphatic heterocycles. The summed E-state index contributed by atoms with van der Waals surface area (Å²) in [5.74, 6) is 0. The normalized spacial score (nSPS) is 24.4. The molecule has 4 nitrogen and oxygen atoms in total. The maximum absolute atomic E-state index is 12.2. The van der Waals surface area contributed by atoms with Gasteiger partial charge in [-0.15, -0.1) is 0 Å². The highest BCUT2D eigenvalue weighted by molar-refractivity contribution is 7.89. The Bertz CT molecular complexity index is 545. The summed E-state index contributed by atoms with van der Waals surface area (Å²) in [5.41, 5.74) is 6.79. The van der Waals surface area contributed by atoms with E-state index in [2.05, 4.69) is 4.72 Å². The van der Waals surface area contributed by atoms with Crippen molar-refractivity contribution in [2.75, 3.05) is 0 Å². The topological polar surface area (TPSA) is 72.2 Å². The van der Waals surface area contributed by atoms with E-state index in [0.717, 1.165) is 24.8 Å². The van der Waals surface area contributed by atoms with Crippen molar-refractivity contribution in [1.82, 2.24) is 4.72 Å². The molecule has 1 aliphatic carbocycles. The Hall–Kier alpha value is -0.620. The Morgan fingerprint density at radius 1 is 1.39 bits per heavy atom. The van der Waals surface area contributed by atoms with Gasteiger partial charge in [-0.2, -0.15) is 0 Å². The van der Waals surface area contributed by atoms with Crippen molar-refractivity contribution in [3.05, 3.63) is 28.8 Å². The zero-order chi connectivity index (χ0) is 13.3. The van der Waals surface area contributed by atoms with Crippen LogP contribution in [0.4, 0.5) is 0 Å². The SMILES string of the molecule is Cc1ccc(S(=O)(=O)NC2CCCC2N)c(Cl)c1. The number of hydrogen-bond acceptors (Lipinski definition) is 3.